The number of carbonyl (C=O) groups excluding carboxylic acids is 1. The number of hydrogen-bond acceptors (Lipinski definition) is 6. The Labute approximate surface area is 223 Å². The highest BCUT2D eigenvalue weighted by atomic mass is 19.4. The van der Waals surface area contributed by atoms with Crippen LogP contribution >= 0.6 is 0 Å². The summed E-state index contributed by atoms with van der Waals surface area (Å²) in [4.78, 5) is 25.4. The van der Waals surface area contributed by atoms with Crippen LogP contribution in [-0.4, -0.2) is 27.2 Å². The van der Waals surface area contributed by atoms with Gasteiger partial charge >= 0.3 is 6.18 Å². The third-order valence-corrected chi connectivity index (χ3v) is 6.71. The summed E-state index contributed by atoms with van der Waals surface area (Å²) in [5.41, 5.74) is 1.65. The van der Waals surface area contributed by atoms with Gasteiger partial charge in [-0.3, -0.25) is 9.59 Å². The van der Waals surface area contributed by atoms with Crippen LogP contribution in [0.3, 0.4) is 0 Å². The van der Waals surface area contributed by atoms with Crippen LogP contribution in [0.2, 0.25) is 0 Å². The number of nitrogens with one attached hydrogen (secondary N) is 2. The molecule has 4 rings (SSSR count). The molecule has 0 spiro atoms. The Bertz CT molecular complexity index is 1460. The van der Waals surface area contributed by atoms with Crippen molar-refractivity contribution in [3.05, 3.63) is 81.0 Å². The molecule has 3 aromatic rings. The highest BCUT2D eigenvalue weighted by molar-refractivity contribution is 5.83. The van der Waals surface area contributed by atoms with Gasteiger partial charge < -0.3 is 24.8 Å². The van der Waals surface area contributed by atoms with Gasteiger partial charge in [0.2, 0.25) is 17.1 Å². The minimum Gasteiger partial charge on any atom is -0.493 e. The number of alkyl halides is 3. The maximum absolute atomic E-state index is 13.5. The summed E-state index contributed by atoms with van der Waals surface area (Å²) < 4.78 is 57.3. The van der Waals surface area contributed by atoms with Gasteiger partial charge in [0, 0.05) is 19.0 Å². The van der Waals surface area contributed by atoms with E-state index in [1.165, 1.54) is 58.6 Å². The Kier molecular flexibility index (Phi) is 8.03. The molecule has 1 aliphatic carbocycles. The fourth-order valence-corrected chi connectivity index (χ4v) is 5.00. The lowest BCUT2D eigenvalue weighted by Crippen LogP contribution is -2.26. The van der Waals surface area contributed by atoms with Crippen molar-refractivity contribution in [3.63, 3.8) is 0 Å². The quantitative estimate of drug-likeness (QED) is 0.411. The van der Waals surface area contributed by atoms with Crippen molar-refractivity contribution in [2.24, 2.45) is 0 Å². The summed E-state index contributed by atoms with van der Waals surface area (Å²) in [6, 6.07) is 11.2. The first-order chi connectivity index (χ1) is 18.6. The van der Waals surface area contributed by atoms with Gasteiger partial charge in [-0.05, 0) is 59.4 Å². The lowest BCUT2D eigenvalue weighted by atomic mass is 9.95. The zero-order chi connectivity index (χ0) is 28.3. The molecule has 7 nitrogen and oxygen atoms in total. The van der Waals surface area contributed by atoms with Crippen molar-refractivity contribution in [2.45, 2.75) is 38.5 Å². The number of hydrogen-bond donors (Lipinski definition) is 2. The summed E-state index contributed by atoms with van der Waals surface area (Å²) >= 11 is 0. The molecule has 0 aliphatic heterocycles. The molecule has 1 aliphatic rings. The van der Waals surface area contributed by atoms with Gasteiger partial charge in [0.25, 0.3) is 0 Å². The SMILES string of the molecule is COc1cc2c(c(OC)c1OC)-c1ccc(NCc3ccccc3C(F)(F)F)c(=O)cc1[C@H](NC(C)=O)CC2. The molecular formula is C29H29F3N2O5. The number of benzene rings is 2. The van der Waals surface area contributed by atoms with E-state index in [1.54, 1.807) is 6.07 Å². The Hall–Kier alpha value is -4.21. The first-order valence-corrected chi connectivity index (χ1v) is 12.3. The highest BCUT2D eigenvalue weighted by Gasteiger charge is 2.33. The van der Waals surface area contributed by atoms with Gasteiger partial charge in [0.15, 0.2) is 11.5 Å². The van der Waals surface area contributed by atoms with Gasteiger partial charge in [-0.1, -0.05) is 24.3 Å². The van der Waals surface area contributed by atoms with Gasteiger partial charge in [-0.15, -0.1) is 0 Å². The fourth-order valence-electron chi connectivity index (χ4n) is 5.00. The molecule has 0 radical (unpaired) electrons. The first kappa shape index (κ1) is 27.8. The van der Waals surface area contributed by atoms with Gasteiger partial charge in [0.05, 0.1) is 38.6 Å². The Morgan fingerprint density at radius 2 is 1.72 bits per heavy atom. The van der Waals surface area contributed by atoms with Crippen molar-refractivity contribution in [2.75, 3.05) is 26.6 Å². The van der Waals surface area contributed by atoms with E-state index in [1.807, 2.05) is 6.07 Å². The normalized spacial score (nSPS) is 14.4. The molecule has 0 unspecified atom stereocenters. The van der Waals surface area contributed by atoms with Crippen LogP contribution in [0.1, 0.15) is 41.6 Å². The number of aryl methyl sites for hydroxylation is 1. The van der Waals surface area contributed by atoms with Crippen LogP contribution in [0, 0.1) is 0 Å². The molecule has 0 aromatic heterocycles. The van der Waals surface area contributed by atoms with Crippen LogP contribution in [0.5, 0.6) is 17.2 Å². The Morgan fingerprint density at radius 3 is 2.36 bits per heavy atom. The molecule has 1 atom stereocenters. The number of fused-ring (bicyclic) bond motifs is 3. The maximum atomic E-state index is 13.5. The lowest BCUT2D eigenvalue weighted by molar-refractivity contribution is -0.138. The zero-order valence-electron chi connectivity index (χ0n) is 22.0. The summed E-state index contributed by atoms with van der Waals surface area (Å²) in [7, 11) is 4.51. The molecule has 3 aromatic carbocycles. The molecule has 0 saturated heterocycles. The second-order valence-electron chi connectivity index (χ2n) is 9.10. The summed E-state index contributed by atoms with van der Waals surface area (Å²) in [5.74, 6) is 0.991. The minimum absolute atomic E-state index is 0.0115. The van der Waals surface area contributed by atoms with E-state index in [0.717, 1.165) is 11.6 Å². The van der Waals surface area contributed by atoms with E-state index in [9.17, 15) is 22.8 Å². The van der Waals surface area contributed by atoms with Crippen LogP contribution in [-0.2, 0) is 23.9 Å². The summed E-state index contributed by atoms with van der Waals surface area (Å²) in [5, 5.41) is 5.80. The van der Waals surface area contributed by atoms with Gasteiger partial charge in [-0.2, -0.15) is 13.2 Å². The van der Waals surface area contributed by atoms with Crippen molar-refractivity contribution < 1.29 is 32.2 Å². The first-order valence-electron chi connectivity index (χ1n) is 12.3. The van der Waals surface area contributed by atoms with E-state index in [-0.39, 0.29) is 23.7 Å². The number of carbonyl (C=O) groups is 1. The van der Waals surface area contributed by atoms with Crippen molar-refractivity contribution in [1.29, 1.82) is 0 Å². The molecule has 0 heterocycles. The molecule has 10 heteroatoms. The summed E-state index contributed by atoms with van der Waals surface area (Å²) in [6.07, 6.45) is -3.49. The van der Waals surface area contributed by atoms with E-state index in [2.05, 4.69) is 10.6 Å². The predicted octanol–water partition coefficient (Wildman–Crippen LogP) is 5.49. The summed E-state index contributed by atoms with van der Waals surface area (Å²) in [6.45, 7) is 1.19. The van der Waals surface area contributed by atoms with E-state index in [0.29, 0.717) is 46.8 Å². The highest BCUT2D eigenvalue weighted by Crippen LogP contribution is 2.50. The lowest BCUT2D eigenvalue weighted by Gasteiger charge is -2.19. The van der Waals surface area contributed by atoms with Crippen molar-refractivity contribution >= 4 is 11.6 Å². The molecule has 0 bridgehead atoms. The third kappa shape index (κ3) is 5.64. The van der Waals surface area contributed by atoms with Crippen LogP contribution in [0.4, 0.5) is 18.9 Å². The second-order valence-corrected chi connectivity index (χ2v) is 9.10. The molecule has 206 valence electrons. The monoisotopic (exact) mass is 542 g/mol. The van der Waals surface area contributed by atoms with E-state index < -0.39 is 23.2 Å². The molecule has 0 fully saturated rings. The largest absolute Gasteiger partial charge is 0.493 e. The maximum Gasteiger partial charge on any atom is 0.416 e. The van der Waals surface area contributed by atoms with Crippen molar-refractivity contribution in [1.82, 2.24) is 5.32 Å². The number of anilines is 1. The zero-order valence-corrected chi connectivity index (χ0v) is 22.0. The number of amides is 1. The Morgan fingerprint density at radius 1 is 1.00 bits per heavy atom. The molecule has 1 amide bonds. The Balaban J connectivity index is 1.88. The number of ether oxygens (including phenoxy) is 3. The second kappa shape index (κ2) is 11.3. The van der Waals surface area contributed by atoms with Gasteiger partial charge in [0.1, 0.15) is 0 Å². The molecule has 2 N–H and O–H groups in total. The average molecular weight is 543 g/mol. The van der Waals surface area contributed by atoms with Crippen LogP contribution < -0.4 is 30.3 Å². The standard InChI is InChI=1S/C29H29F3N2O5/c1-16(35)34-22-11-9-17-13-25(37-2)27(38-3)28(39-4)26(17)19-10-12-23(24(36)14-20(19)22)33-15-18-7-5-6-8-21(18)29(30,31)32/h5-8,10,12-14,22H,9,11,15H2,1-4H3,(H,33,36)(H,34,35)/t22-/m1/s1. The topological polar surface area (TPSA) is 85.9 Å². The van der Waals surface area contributed by atoms with E-state index >= 15 is 0 Å². The number of rotatable bonds is 7. The smallest absolute Gasteiger partial charge is 0.416 e. The van der Waals surface area contributed by atoms with Crippen LogP contribution in [0.25, 0.3) is 11.1 Å². The van der Waals surface area contributed by atoms with E-state index in [4.69, 9.17) is 14.2 Å². The predicted molar refractivity (Wildman–Crippen MR) is 141 cm³/mol. The minimum atomic E-state index is -4.52. The fraction of sp³-hybridized carbons (Fsp3) is 0.310. The average Bonchev–Trinajstić information content (AvgIpc) is 3.14. The third-order valence-electron chi connectivity index (χ3n) is 6.71. The molecule has 0 saturated carbocycles. The van der Waals surface area contributed by atoms with Crippen LogP contribution in [0.15, 0.2) is 53.3 Å². The molecular weight excluding hydrogens is 513 g/mol. The van der Waals surface area contributed by atoms with Gasteiger partial charge in [-0.25, -0.2) is 0 Å². The number of methoxy groups -OCH3 is 3. The molecule has 39 heavy (non-hydrogen) atoms. The van der Waals surface area contributed by atoms with Crippen molar-refractivity contribution in [3.8, 4) is 28.4 Å². The number of halogens is 3.